The zero-order valence-electron chi connectivity index (χ0n) is 10.6. The Kier molecular flexibility index (Phi) is 3.63. The first-order valence-corrected chi connectivity index (χ1v) is 6.14. The van der Waals surface area contributed by atoms with Crippen molar-refractivity contribution in [1.82, 2.24) is 19.7 Å². The highest BCUT2D eigenvalue weighted by atomic mass is 35.5. The number of aliphatic hydroxyl groups excluding tert-OH is 1. The van der Waals surface area contributed by atoms with Gasteiger partial charge in [-0.2, -0.15) is 9.78 Å². The summed E-state index contributed by atoms with van der Waals surface area (Å²) >= 11 is 6.21. The molecule has 96 valence electrons. The summed E-state index contributed by atoms with van der Waals surface area (Å²) in [5.74, 6) is 0.437. The molecule has 0 saturated heterocycles. The molecule has 18 heavy (non-hydrogen) atoms. The van der Waals surface area contributed by atoms with Gasteiger partial charge in [0.1, 0.15) is 5.15 Å². The lowest BCUT2D eigenvalue weighted by Gasteiger charge is -2.03. The minimum absolute atomic E-state index is 0.132. The molecular weight excluding hydrogens is 252 g/mol. The minimum atomic E-state index is -0.132. The second-order valence-electron chi connectivity index (χ2n) is 4.09. The van der Waals surface area contributed by atoms with Gasteiger partial charge in [-0.1, -0.05) is 18.5 Å². The molecule has 2 aromatic rings. The monoisotopic (exact) mass is 266 g/mol. The topological polar surface area (TPSA) is 63.8 Å². The van der Waals surface area contributed by atoms with E-state index in [9.17, 15) is 5.11 Å². The second-order valence-corrected chi connectivity index (χ2v) is 4.45. The van der Waals surface area contributed by atoms with Crippen molar-refractivity contribution >= 4 is 11.6 Å². The summed E-state index contributed by atoms with van der Waals surface area (Å²) in [5.41, 5.74) is 3.12. The molecule has 5 nitrogen and oxygen atoms in total. The number of hydrogen-bond donors (Lipinski definition) is 1. The normalized spacial score (nSPS) is 10.9. The van der Waals surface area contributed by atoms with Crippen molar-refractivity contribution in [3.63, 3.8) is 0 Å². The van der Waals surface area contributed by atoms with Crippen molar-refractivity contribution < 1.29 is 5.11 Å². The SMILES string of the molecule is CCc1nn(-c2nc(C)cc(C)n2)c(Cl)c1CO. The Hall–Kier alpha value is -1.46. The van der Waals surface area contributed by atoms with Crippen LogP contribution >= 0.6 is 11.6 Å². The summed E-state index contributed by atoms with van der Waals surface area (Å²) in [6.07, 6.45) is 0.702. The van der Waals surface area contributed by atoms with Crippen LogP contribution in [-0.2, 0) is 13.0 Å². The summed E-state index contributed by atoms with van der Waals surface area (Å²) in [6.45, 7) is 5.61. The van der Waals surface area contributed by atoms with Crippen LogP contribution in [0.4, 0.5) is 0 Å². The Morgan fingerprint density at radius 3 is 2.33 bits per heavy atom. The predicted octanol–water partition coefficient (Wildman–Crippen LogP) is 1.99. The molecule has 2 rings (SSSR count). The fourth-order valence-electron chi connectivity index (χ4n) is 1.85. The van der Waals surface area contributed by atoms with Crippen LogP contribution in [0.15, 0.2) is 6.07 Å². The first-order valence-electron chi connectivity index (χ1n) is 5.76. The third-order valence-electron chi connectivity index (χ3n) is 2.66. The predicted molar refractivity (Wildman–Crippen MR) is 68.9 cm³/mol. The molecule has 0 aliphatic heterocycles. The maximum atomic E-state index is 9.32. The van der Waals surface area contributed by atoms with E-state index in [0.717, 1.165) is 17.1 Å². The summed E-state index contributed by atoms with van der Waals surface area (Å²) in [6, 6.07) is 1.88. The summed E-state index contributed by atoms with van der Waals surface area (Å²) < 4.78 is 1.48. The molecule has 0 aliphatic rings. The highest BCUT2D eigenvalue weighted by Crippen LogP contribution is 2.23. The molecule has 2 aromatic heterocycles. The molecule has 0 fully saturated rings. The highest BCUT2D eigenvalue weighted by molar-refractivity contribution is 6.30. The van der Waals surface area contributed by atoms with E-state index in [2.05, 4.69) is 15.1 Å². The fourth-order valence-corrected chi connectivity index (χ4v) is 2.13. The number of aryl methyl sites for hydroxylation is 3. The first-order chi connectivity index (χ1) is 8.56. The lowest BCUT2D eigenvalue weighted by Crippen LogP contribution is -2.05. The number of aliphatic hydroxyl groups is 1. The van der Waals surface area contributed by atoms with Gasteiger partial charge in [0.2, 0.25) is 0 Å². The van der Waals surface area contributed by atoms with Gasteiger partial charge in [0.25, 0.3) is 5.95 Å². The number of halogens is 1. The molecule has 0 bridgehead atoms. The van der Waals surface area contributed by atoms with E-state index < -0.39 is 0 Å². The van der Waals surface area contributed by atoms with Crippen molar-refractivity contribution in [3.05, 3.63) is 33.9 Å². The summed E-state index contributed by atoms with van der Waals surface area (Å²) in [5, 5.41) is 14.0. The van der Waals surface area contributed by atoms with Gasteiger partial charge in [0.15, 0.2) is 0 Å². The zero-order chi connectivity index (χ0) is 13.3. The molecule has 0 spiro atoms. The largest absolute Gasteiger partial charge is 0.391 e. The van der Waals surface area contributed by atoms with E-state index in [4.69, 9.17) is 11.6 Å². The van der Waals surface area contributed by atoms with Crippen LogP contribution in [0.1, 0.15) is 29.6 Å². The summed E-state index contributed by atoms with van der Waals surface area (Å²) in [4.78, 5) is 8.62. The molecule has 0 atom stereocenters. The Balaban J connectivity index is 2.60. The van der Waals surface area contributed by atoms with Crippen molar-refractivity contribution in [2.75, 3.05) is 0 Å². The molecule has 0 aromatic carbocycles. The number of aromatic nitrogens is 4. The van der Waals surface area contributed by atoms with Gasteiger partial charge in [-0.3, -0.25) is 0 Å². The lowest BCUT2D eigenvalue weighted by atomic mass is 10.2. The van der Waals surface area contributed by atoms with Crippen molar-refractivity contribution in [1.29, 1.82) is 0 Å². The van der Waals surface area contributed by atoms with E-state index in [1.54, 1.807) is 0 Å². The minimum Gasteiger partial charge on any atom is -0.391 e. The van der Waals surface area contributed by atoms with Crippen LogP contribution < -0.4 is 0 Å². The third-order valence-corrected chi connectivity index (χ3v) is 3.05. The van der Waals surface area contributed by atoms with Crippen molar-refractivity contribution in [2.45, 2.75) is 33.8 Å². The smallest absolute Gasteiger partial charge is 0.252 e. The van der Waals surface area contributed by atoms with Crippen LogP contribution in [0.2, 0.25) is 5.15 Å². The van der Waals surface area contributed by atoms with Gasteiger partial charge in [0, 0.05) is 17.0 Å². The lowest BCUT2D eigenvalue weighted by molar-refractivity contribution is 0.281. The van der Waals surface area contributed by atoms with Gasteiger partial charge in [-0.25, -0.2) is 9.97 Å². The maximum absolute atomic E-state index is 9.32. The van der Waals surface area contributed by atoms with E-state index in [1.807, 2.05) is 26.8 Å². The second kappa shape index (κ2) is 5.04. The van der Waals surface area contributed by atoms with E-state index >= 15 is 0 Å². The highest BCUT2D eigenvalue weighted by Gasteiger charge is 2.17. The Labute approximate surface area is 110 Å². The molecular formula is C12H15ClN4O. The van der Waals surface area contributed by atoms with Gasteiger partial charge in [0.05, 0.1) is 12.3 Å². The van der Waals surface area contributed by atoms with Crippen molar-refractivity contribution in [3.8, 4) is 5.95 Å². The number of hydrogen-bond acceptors (Lipinski definition) is 4. The molecule has 0 unspecified atom stereocenters. The van der Waals surface area contributed by atoms with Gasteiger partial charge in [-0.15, -0.1) is 0 Å². The fraction of sp³-hybridized carbons (Fsp3) is 0.417. The number of rotatable bonds is 3. The standard InChI is InChI=1S/C12H15ClN4O/c1-4-10-9(6-18)11(13)17(16-10)12-14-7(2)5-8(3)15-12/h5,18H,4,6H2,1-3H3. The molecule has 0 aliphatic carbocycles. The van der Waals surface area contributed by atoms with Crippen LogP contribution in [0.25, 0.3) is 5.95 Å². The Morgan fingerprint density at radius 1 is 1.28 bits per heavy atom. The van der Waals surface area contributed by atoms with Gasteiger partial charge < -0.3 is 5.11 Å². The van der Waals surface area contributed by atoms with Crippen LogP contribution in [0.3, 0.4) is 0 Å². The molecule has 1 N–H and O–H groups in total. The van der Waals surface area contributed by atoms with Crippen molar-refractivity contribution in [2.24, 2.45) is 0 Å². The molecule has 0 radical (unpaired) electrons. The van der Waals surface area contributed by atoms with Crippen LogP contribution in [0, 0.1) is 13.8 Å². The quantitative estimate of drug-likeness (QED) is 0.923. The average Bonchev–Trinajstić information content (AvgIpc) is 2.64. The molecule has 2 heterocycles. The van der Waals surface area contributed by atoms with E-state index in [0.29, 0.717) is 23.1 Å². The van der Waals surface area contributed by atoms with E-state index in [1.165, 1.54) is 4.68 Å². The molecule has 6 heteroatoms. The Morgan fingerprint density at radius 2 is 1.89 bits per heavy atom. The Bertz CT molecular complexity index is 559. The molecule has 0 saturated carbocycles. The van der Waals surface area contributed by atoms with Gasteiger partial charge >= 0.3 is 0 Å². The van der Waals surface area contributed by atoms with E-state index in [-0.39, 0.29) is 6.61 Å². The van der Waals surface area contributed by atoms with Crippen LogP contribution in [-0.4, -0.2) is 24.9 Å². The zero-order valence-corrected chi connectivity index (χ0v) is 11.4. The third kappa shape index (κ3) is 2.23. The summed E-state index contributed by atoms with van der Waals surface area (Å²) in [7, 11) is 0. The molecule has 0 amide bonds. The average molecular weight is 267 g/mol. The number of nitrogens with zero attached hydrogens (tertiary/aromatic N) is 4. The van der Waals surface area contributed by atoms with Crippen LogP contribution in [0.5, 0.6) is 0 Å². The van der Waals surface area contributed by atoms with Gasteiger partial charge in [-0.05, 0) is 26.3 Å². The maximum Gasteiger partial charge on any atom is 0.252 e. The first kappa shape index (κ1) is 13.0.